The summed E-state index contributed by atoms with van der Waals surface area (Å²) in [6.45, 7) is 0.177. The lowest BCUT2D eigenvalue weighted by Crippen LogP contribution is -2.14. The summed E-state index contributed by atoms with van der Waals surface area (Å²) in [5, 5.41) is 9.06. The fourth-order valence-electron chi connectivity index (χ4n) is 0.783. The van der Waals surface area contributed by atoms with Crippen LogP contribution < -0.4 is 0 Å². The van der Waals surface area contributed by atoms with Crippen molar-refractivity contribution in [3.63, 3.8) is 0 Å². The quantitative estimate of drug-likeness (QED) is 0.692. The number of methoxy groups -OCH3 is 1. The van der Waals surface area contributed by atoms with E-state index in [1.165, 1.54) is 7.11 Å². The lowest BCUT2D eigenvalue weighted by Gasteiger charge is -2.09. The van der Waals surface area contributed by atoms with Crippen LogP contribution in [0.25, 0.3) is 0 Å². The third-order valence-electron chi connectivity index (χ3n) is 1.31. The number of halogens is 3. The Morgan fingerprint density at radius 2 is 2.08 bits per heavy atom. The second-order valence-corrected chi connectivity index (χ2v) is 3.71. The molecule has 0 aliphatic rings. The number of alkyl halides is 3. The van der Waals surface area contributed by atoms with E-state index in [-0.39, 0.29) is 24.1 Å². The summed E-state index contributed by atoms with van der Waals surface area (Å²) in [6.07, 6.45) is 0.0323. The van der Waals surface area contributed by atoms with Crippen molar-refractivity contribution in [1.82, 2.24) is 0 Å². The van der Waals surface area contributed by atoms with Gasteiger partial charge in [-0.05, 0) is 12.8 Å². The van der Waals surface area contributed by atoms with Crippen molar-refractivity contribution in [2.45, 2.75) is 24.5 Å². The smallest absolute Gasteiger partial charge is 0.391 e. The molecule has 0 aromatic heterocycles. The number of thioether (sulfide) groups is 1. The van der Waals surface area contributed by atoms with Gasteiger partial charge in [0.05, 0.1) is 12.7 Å². The summed E-state index contributed by atoms with van der Waals surface area (Å²) < 4.78 is 39.4. The lowest BCUT2D eigenvalue weighted by atomic mass is 10.2. The van der Waals surface area contributed by atoms with Crippen LogP contribution in [0.4, 0.5) is 13.2 Å². The summed E-state index contributed by atoms with van der Waals surface area (Å²) in [5.74, 6) is -0.00965. The van der Waals surface area contributed by atoms with E-state index < -0.39 is 11.6 Å². The molecule has 0 aliphatic carbocycles. The zero-order chi connectivity index (χ0) is 10.3. The van der Waals surface area contributed by atoms with Gasteiger partial charge < -0.3 is 9.84 Å². The molecule has 6 heteroatoms. The highest BCUT2D eigenvalue weighted by molar-refractivity contribution is 8.00. The normalized spacial score (nSPS) is 14.5. The highest BCUT2D eigenvalue weighted by Gasteiger charge is 2.27. The highest BCUT2D eigenvalue weighted by atomic mass is 32.2. The zero-order valence-corrected chi connectivity index (χ0v) is 8.12. The topological polar surface area (TPSA) is 29.5 Å². The summed E-state index contributed by atoms with van der Waals surface area (Å²) in [7, 11) is 1.44. The monoisotopic (exact) mass is 218 g/mol. The second-order valence-electron chi connectivity index (χ2n) is 2.55. The molecule has 1 atom stereocenters. The maximum absolute atomic E-state index is 11.6. The molecule has 1 unspecified atom stereocenters. The minimum Gasteiger partial charge on any atom is -0.391 e. The Kier molecular flexibility index (Phi) is 6.53. The van der Waals surface area contributed by atoms with E-state index in [1.807, 2.05) is 0 Å². The Hall–Kier alpha value is 0.0600. The van der Waals surface area contributed by atoms with E-state index in [9.17, 15) is 13.2 Å². The summed E-state index contributed by atoms with van der Waals surface area (Å²) in [6, 6.07) is 0. The molecule has 13 heavy (non-hydrogen) atoms. The summed E-state index contributed by atoms with van der Waals surface area (Å²) in [4.78, 5) is 0. The number of aliphatic hydroxyl groups excluding tert-OH is 1. The fraction of sp³-hybridized carbons (Fsp3) is 1.00. The molecule has 80 valence electrons. The van der Waals surface area contributed by atoms with Crippen LogP contribution >= 0.6 is 11.8 Å². The van der Waals surface area contributed by atoms with E-state index in [4.69, 9.17) is 5.11 Å². The van der Waals surface area contributed by atoms with E-state index in [1.54, 1.807) is 0 Å². The predicted molar refractivity (Wildman–Crippen MR) is 45.6 cm³/mol. The van der Waals surface area contributed by atoms with Crippen LogP contribution in [0.3, 0.4) is 0 Å². The summed E-state index contributed by atoms with van der Waals surface area (Å²) in [5.41, 5.74) is -4.16. The van der Waals surface area contributed by atoms with Crippen LogP contribution in [0.2, 0.25) is 0 Å². The molecule has 0 saturated heterocycles. The SMILES string of the molecule is COCC(O)CCCSC(F)(F)F. The van der Waals surface area contributed by atoms with Crippen molar-refractivity contribution in [3.8, 4) is 0 Å². The van der Waals surface area contributed by atoms with Gasteiger partial charge in [-0.2, -0.15) is 13.2 Å². The molecule has 0 amide bonds. The molecule has 0 saturated carbocycles. The molecule has 0 fully saturated rings. The summed E-state index contributed by atoms with van der Waals surface area (Å²) >= 11 is -0.0583. The molecule has 0 rings (SSSR count). The molecule has 0 aromatic carbocycles. The van der Waals surface area contributed by atoms with Crippen molar-refractivity contribution in [1.29, 1.82) is 0 Å². The molecule has 2 nitrogen and oxygen atoms in total. The minimum absolute atomic E-state index is 0.00965. The fourth-order valence-corrected chi connectivity index (χ4v) is 1.33. The Balaban J connectivity index is 3.25. The van der Waals surface area contributed by atoms with Gasteiger partial charge >= 0.3 is 5.51 Å². The molecular weight excluding hydrogens is 205 g/mol. The molecular formula is C7H13F3O2S. The van der Waals surface area contributed by atoms with Crippen LogP contribution in [0.5, 0.6) is 0 Å². The van der Waals surface area contributed by atoms with Gasteiger partial charge in [-0.25, -0.2) is 0 Å². The van der Waals surface area contributed by atoms with Gasteiger partial charge in [0.25, 0.3) is 0 Å². The maximum atomic E-state index is 11.6. The predicted octanol–water partition coefficient (Wildman–Crippen LogP) is 2.03. The number of aliphatic hydroxyl groups is 1. The van der Waals surface area contributed by atoms with Gasteiger partial charge in [-0.3, -0.25) is 0 Å². The van der Waals surface area contributed by atoms with E-state index >= 15 is 0 Å². The van der Waals surface area contributed by atoms with E-state index in [0.717, 1.165) is 0 Å². The lowest BCUT2D eigenvalue weighted by molar-refractivity contribution is -0.0328. The Morgan fingerprint density at radius 1 is 1.46 bits per heavy atom. The average Bonchev–Trinajstić information content (AvgIpc) is 1.97. The van der Waals surface area contributed by atoms with Crippen molar-refractivity contribution < 1.29 is 23.0 Å². The number of hydrogen-bond acceptors (Lipinski definition) is 3. The van der Waals surface area contributed by atoms with Gasteiger partial charge in [-0.15, -0.1) is 0 Å². The van der Waals surface area contributed by atoms with Gasteiger partial charge in [0.2, 0.25) is 0 Å². The van der Waals surface area contributed by atoms with Crippen molar-refractivity contribution >= 4 is 11.8 Å². The van der Waals surface area contributed by atoms with Crippen LogP contribution in [0.1, 0.15) is 12.8 Å². The van der Waals surface area contributed by atoms with E-state index in [2.05, 4.69) is 4.74 Å². The van der Waals surface area contributed by atoms with Crippen LogP contribution in [0.15, 0.2) is 0 Å². The molecule has 1 N–H and O–H groups in total. The Morgan fingerprint density at radius 3 is 2.54 bits per heavy atom. The van der Waals surface area contributed by atoms with Crippen molar-refractivity contribution in [2.75, 3.05) is 19.5 Å². The van der Waals surface area contributed by atoms with Crippen LogP contribution in [0, 0.1) is 0 Å². The third-order valence-corrected chi connectivity index (χ3v) is 2.13. The average molecular weight is 218 g/mol. The Labute approximate surface area is 79.5 Å². The first-order chi connectivity index (χ1) is 5.95. The molecule has 0 radical (unpaired) electrons. The largest absolute Gasteiger partial charge is 0.441 e. The first-order valence-corrected chi connectivity index (χ1v) is 4.82. The number of hydrogen-bond donors (Lipinski definition) is 1. The molecule has 0 aliphatic heterocycles. The Bertz CT molecular complexity index is 129. The van der Waals surface area contributed by atoms with Crippen molar-refractivity contribution in [2.24, 2.45) is 0 Å². The molecule has 0 heterocycles. The van der Waals surface area contributed by atoms with Gasteiger partial charge in [0, 0.05) is 12.9 Å². The van der Waals surface area contributed by atoms with Crippen LogP contribution in [-0.4, -0.2) is 36.2 Å². The number of ether oxygens (including phenoxy) is 1. The minimum atomic E-state index is -4.16. The standard InChI is InChI=1S/C7H13F3O2S/c1-12-5-6(11)3-2-4-13-7(8,9)10/h6,11H,2-5H2,1H3. The van der Waals surface area contributed by atoms with Gasteiger partial charge in [0.1, 0.15) is 0 Å². The second kappa shape index (κ2) is 6.50. The van der Waals surface area contributed by atoms with Gasteiger partial charge in [-0.1, -0.05) is 11.8 Å². The van der Waals surface area contributed by atoms with E-state index in [0.29, 0.717) is 12.8 Å². The zero-order valence-electron chi connectivity index (χ0n) is 7.30. The third kappa shape index (κ3) is 9.98. The molecule has 0 spiro atoms. The first-order valence-electron chi connectivity index (χ1n) is 3.83. The number of rotatable bonds is 6. The van der Waals surface area contributed by atoms with Gasteiger partial charge in [0.15, 0.2) is 0 Å². The first kappa shape index (κ1) is 13.1. The maximum Gasteiger partial charge on any atom is 0.441 e. The molecule has 0 bridgehead atoms. The van der Waals surface area contributed by atoms with Crippen LogP contribution in [-0.2, 0) is 4.74 Å². The molecule has 0 aromatic rings. The highest BCUT2D eigenvalue weighted by Crippen LogP contribution is 2.30. The van der Waals surface area contributed by atoms with Crippen molar-refractivity contribution in [3.05, 3.63) is 0 Å².